The van der Waals surface area contributed by atoms with E-state index < -0.39 is 11.7 Å². The van der Waals surface area contributed by atoms with Gasteiger partial charge >= 0.3 is 6.18 Å². The lowest BCUT2D eigenvalue weighted by molar-refractivity contribution is -0.137. The van der Waals surface area contributed by atoms with Gasteiger partial charge in [-0.25, -0.2) is 9.97 Å². The molecule has 1 aliphatic heterocycles. The topological polar surface area (TPSA) is 59.0 Å². The number of hydrogen-bond acceptors (Lipinski definition) is 4. The predicted octanol–water partition coefficient (Wildman–Crippen LogP) is 6.35. The summed E-state index contributed by atoms with van der Waals surface area (Å²) in [4.78, 5) is 29.0. The Morgan fingerprint density at radius 2 is 1.67 bits per heavy atom. The molecular weight excluding hydrogens is 465 g/mol. The number of aromatic nitrogens is 3. The van der Waals surface area contributed by atoms with E-state index in [0.717, 1.165) is 47.6 Å². The summed E-state index contributed by atoms with van der Waals surface area (Å²) in [5.41, 5.74) is 4.67. The van der Waals surface area contributed by atoms with Crippen LogP contribution in [0.5, 0.6) is 0 Å². The van der Waals surface area contributed by atoms with Gasteiger partial charge in [-0.1, -0.05) is 18.2 Å². The van der Waals surface area contributed by atoms with Crippen LogP contribution in [0.3, 0.4) is 0 Å². The van der Waals surface area contributed by atoms with Gasteiger partial charge in [-0.2, -0.15) is 13.2 Å². The molecule has 0 N–H and O–H groups in total. The number of likely N-dealkylation sites (tertiary alicyclic amines) is 1. The molecule has 2 aromatic heterocycles. The number of halogens is 3. The van der Waals surface area contributed by atoms with Crippen molar-refractivity contribution in [1.29, 1.82) is 0 Å². The zero-order chi connectivity index (χ0) is 25.4. The number of nitrogens with zero attached hydrogens (tertiary/aromatic N) is 4. The molecule has 8 heteroatoms. The molecule has 0 saturated carbocycles. The molecule has 184 valence electrons. The number of rotatable bonds is 3. The van der Waals surface area contributed by atoms with E-state index in [4.69, 9.17) is 4.98 Å². The summed E-state index contributed by atoms with van der Waals surface area (Å²) in [6, 6.07) is 16.0. The van der Waals surface area contributed by atoms with Crippen molar-refractivity contribution in [1.82, 2.24) is 19.9 Å². The smallest absolute Gasteiger partial charge is 0.338 e. The zero-order valence-electron chi connectivity index (χ0n) is 20.0. The Morgan fingerprint density at radius 3 is 2.44 bits per heavy atom. The molecule has 1 amide bonds. The summed E-state index contributed by atoms with van der Waals surface area (Å²) in [6.45, 7) is 4.94. The van der Waals surface area contributed by atoms with E-state index in [2.05, 4.69) is 9.97 Å². The summed E-state index contributed by atoms with van der Waals surface area (Å²) in [7, 11) is 0. The zero-order valence-corrected chi connectivity index (χ0v) is 20.0. The number of pyridine rings is 1. The largest absolute Gasteiger partial charge is 0.416 e. The molecule has 5 rings (SSSR count). The van der Waals surface area contributed by atoms with Crippen LogP contribution in [0.4, 0.5) is 13.2 Å². The van der Waals surface area contributed by atoms with Gasteiger partial charge in [0.15, 0.2) is 0 Å². The Kier molecular flexibility index (Phi) is 6.20. The summed E-state index contributed by atoms with van der Waals surface area (Å²) < 4.78 is 39.5. The Balaban J connectivity index is 1.37. The monoisotopic (exact) mass is 490 g/mol. The van der Waals surface area contributed by atoms with Gasteiger partial charge in [0, 0.05) is 35.8 Å². The van der Waals surface area contributed by atoms with Crippen molar-refractivity contribution in [2.45, 2.75) is 38.8 Å². The summed E-state index contributed by atoms with van der Waals surface area (Å²) >= 11 is 0. The third kappa shape index (κ3) is 4.80. The molecule has 0 aliphatic carbocycles. The second-order valence-electron chi connectivity index (χ2n) is 9.21. The van der Waals surface area contributed by atoms with Gasteiger partial charge in [0.1, 0.15) is 0 Å². The van der Waals surface area contributed by atoms with Crippen molar-refractivity contribution in [2.24, 2.45) is 0 Å². The fourth-order valence-corrected chi connectivity index (χ4v) is 4.64. The van der Waals surface area contributed by atoms with Crippen molar-refractivity contribution >= 4 is 16.9 Å². The third-order valence-corrected chi connectivity index (χ3v) is 6.71. The van der Waals surface area contributed by atoms with Gasteiger partial charge in [0.25, 0.3) is 5.91 Å². The molecule has 1 atom stereocenters. The van der Waals surface area contributed by atoms with Gasteiger partial charge in [-0.05, 0) is 69.2 Å². The Morgan fingerprint density at radius 1 is 0.917 bits per heavy atom. The second kappa shape index (κ2) is 9.33. The van der Waals surface area contributed by atoms with Crippen LogP contribution >= 0.6 is 0 Å². The fraction of sp³-hybridized carbons (Fsp3) is 0.286. The summed E-state index contributed by atoms with van der Waals surface area (Å²) in [5.74, 6) is -0.0748. The van der Waals surface area contributed by atoms with Gasteiger partial charge in [-0.3, -0.25) is 9.78 Å². The highest BCUT2D eigenvalue weighted by Crippen LogP contribution is 2.33. The second-order valence-corrected chi connectivity index (χ2v) is 9.21. The van der Waals surface area contributed by atoms with E-state index in [9.17, 15) is 18.0 Å². The minimum absolute atomic E-state index is 0.00130. The molecular formula is C28H25F3N4O. The number of piperidine rings is 1. The standard InChI is InChI=1S/C28H25F3N4O/c1-17-18(2)33-26-15-20(11-12-25(26)32-17)27(36)35-13-5-7-21(16-35)24-10-4-9-23(34-24)19-6-3-8-22(14-19)28(29,30)31/h3-4,6,8-12,14-15,21H,5,7,13,16H2,1-2H3/t21-/m1/s1. The number of fused-ring (bicyclic) bond motifs is 1. The lowest BCUT2D eigenvalue weighted by Crippen LogP contribution is -2.39. The molecule has 2 aromatic carbocycles. The molecule has 1 fully saturated rings. The maximum absolute atomic E-state index is 13.3. The highest BCUT2D eigenvalue weighted by atomic mass is 19.4. The first kappa shape index (κ1) is 23.9. The number of aryl methyl sites for hydroxylation is 2. The maximum Gasteiger partial charge on any atom is 0.416 e. The molecule has 1 aliphatic rings. The lowest BCUT2D eigenvalue weighted by Gasteiger charge is -2.32. The minimum Gasteiger partial charge on any atom is -0.338 e. The maximum atomic E-state index is 13.3. The Hall–Kier alpha value is -3.81. The van der Waals surface area contributed by atoms with Gasteiger partial charge in [0.05, 0.1) is 33.7 Å². The van der Waals surface area contributed by atoms with Crippen molar-refractivity contribution < 1.29 is 18.0 Å². The van der Waals surface area contributed by atoms with Crippen molar-refractivity contribution in [3.63, 3.8) is 0 Å². The van der Waals surface area contributed by atoms with Gasteiger partial charge in [0.2, 0.25) is 0 Å². The number of alkyl halides is 3. The van der Waals surface area contributed by atoms with Crippen LogP contribution in [0.2, 0.25) is 0 Å². The number of benzene rings is 2. The van der Waals surface area contributed by atoms with Crippen LogP contribution in [-0.4, -0.2) is 38.8 Å². The van der Waals surface area contributed by atoms with Crippen LogP contribution in [0, 0.1) is 13.8 Å². The predicted molar refractivity (Wildman–Crippen MR) is 132 cm³/mol. The Bertz CT molecular complexity index is 1450. The number of carbonyl (C=O) groups excluding carboxylic acids is 1. The molecule has 0 radical (unpaired) electrons. The highest BCUT2D eigenvalue weighted by molar-refractivity contribution is 5.97. The Labute approximate surface area is 207 Å². The van der Waals surface area contributed by atoms with E-state index >= 15 is 0 Å². The third-order valence-electron chi connectivity index (χ3n) is 6.71. The SMILES string of the molecule is Cc1nc2ccc(C(=O)N3CCC[C@@H](c4cccc(-c5cccc(C(F)(F)F)c5)n4)C3)cc2nc1C. The molecule has 3 heterocycles. The lowest BCUT2D eigenvalue weighted by atomic mass is 9.93. The summed E-state index contributed by atoms with van der Waals surface area (Å²) in [6.07, 6.45) is -2.74. The molecule has 0 spiro atoms. The molecule has 0 unspecified atom stereocenters. The fourth-order valence-electron chi connectivity index (χ4n) is 4.64. The van der Waals surface area contributed by atoms with Crippen LogP contribution < -0.4 is 0 Å². The van der Waals surface area contributed by atoms with E-state index in [1.54, 1.807) is 24.3 Å². The minimum atomic E-state index is -4.41. The number of amides is 1. The van der Waals surface area contributed by atoms with Crippen LogP contribution in [0.15, 0.2) is 60.7 Å². The molecule has 36 heavy (non-hydrogen) atoms. The quantitative estimate of drug-likeness (QED) is 0.336. The van der Waals surface area contributed by atoms with E-state index in [-0.39, 0.29) is 11.8 Å². The van der Waals surface area contributed by atoms with Crippen LogP contribution in [-0.2, 0) is 6.18 Å². The van der Waals surface area contributed by atoms with Gasteiger partial charge in [-0.15, -0.1) is 0 Å². The average molecular weight is 491 g/mol. The number of carbonyl (C=O) groups is 1. The van der Waals surface area contributed by atoms with Crippen molar-refractivity contribution in [2.75, 3.05) is 13.1 Å². The average Bonchev–Trinajstić information content (AvgIpc) is 2.88. The normalized spacial score (nSPS) is 16.4. The first-order valence-electron chi connectivity index (χ1n) is 11.9. The van der Waals surface area contributed by atoms with E-state index in [1.165, 1.54) is 6.07 Å². The van der Waals surface area contributed by atoms with Crippen LogP contribution in [0.25, 0.3) is 22.3 Å². The van der Waals surface area contributed by atoms with E-state index in [0.29, 0.717) is 35.4 Å². The first-order valence-corrected chi connectivity index (χ1v) is 11.9. The van der Waals surface area contributed by atoms with Gasteiger partial charge < -0.3 is 4.90 Å². The summed E-state index contributed by atoms with van der Waals surface area (Å²) in [5, 5.41) is 0. The molecule has 5 nitrogen and oxygen atoms in total. The van der Waals surface area contributed by atoms with Crippen LogP contribution in [0.1, 0.15) is 51.8 Å². The number of hydrogen-bond donors (Lipinski definition) is 0. The molecule has 1 saturated heterocycles. The molecule has 4 aromatic rings. The van der Waals surface area contributed by atoms with Crippen molar-refractivity contribution in [3.05, 3.63) is 88.9 Å². The first-order chi connectivity index (χ1) is 17.2. The van der Waals surface area contributed by atoms with Crippen molar-refractivity contribution in [3.8, 4) is 11.3 Å². The highest BCUT2D eigenvalue weighted by Gasteiger charge is 2.31. The molecule has 0 bridgehead atoms. The van der Waals surface area contributed by atoms with E-state index in [1.807, 2.05) is 36.9 Å².